The highest BCUT2D eigenvalue weighted by molar-refractivity contribution is 5.93. The average Bonchev–Trinajstić information content (AvgIpc) is 2.68. The lowest BCUT2D eigenvalue weighted by Crippen LogP contribution is -2.46. The van der Waals surface area contributed by atoms with Gasteiger partial charge in [-0.25, -0.2) is 4.79 Å². The summed E-state index contributed by atoms with van der Waals surface area (Å²) in [5.74, 6) is 0.490. The highest BCUT2D eigenvalue weighted by Crippen LogP contribution is 2.19. The van der Waals surface area contributed by atoms with Gasteiger partial charge in [0.05, 0.1) is 5.56 Å². The highest BCUT2D eigenvalue weighted by Gasteiger charge is 2.24. The maximum Gasteiger partial charge on any atom is 0.315 e. The third-order valence-corrected chi connectivity index (χ3v) is 5.30. The molecule has 1 saturated carbocycles. The summed E-state index contributed by atoms with van der Waals surface area (Å²) >= 11 is 0. The van der Waals surface area contributed by atoms with Gasteiger partial charge >= 0.3 is 6.03 Å². The van der Waals surface area contributed by atoms with Crippen LogP contribution in [-0.2, 0) is 0 Å². The summed E-state index contributed by atoms with van der Waals surface area (Å²) in [5.41, 5.74) is 0.644. The Morgan fingerprint density at radius 2 is 1.88 bits per heavy atom. The fourth-order valence-electron chi connectivity index (χ4n) is 3.73. The minimum absolute atomic E-state index is 0.0410. The second-order valence-electron chi connectivity index (χ2n) is 7.17. The lowest BCUT2D eigenvalue weighted by molar-refractivity contribution is 0.0690. The van der Waals surface area contributed by atoms with Gasteiger partial charge in [-0.1, -0.05) is 19.3 Å². The molecule has 2 heterocycles. The maximum absolute atomic E-state index is 12.4. The lowest BCUT2D eigenvalue weighted by atomic mass is 9.95. The first kappa shape index (κ1) is 17.7. The molecule has 0 aromatic carbocycles. The van der Waals surface area contributed by atoms with Crippen molar-refractivity contribution in [3.05, 3.63) is 30.1 Å². The van der Waals surface area contributed by atoms with Gasteiger partial charge in [0.1, 0.15) is 0 Å². The summed E-state index contributed by atoms with van der Waals surface area (Å²) in [7, 11) is 0. The first-order valence-electron chi connectivity index (χ1n) is 9.46. The summed E-state index contributed by atoms with van der Waals surface area (Å²) in [6.45, 7) is 2.17. The Kier molecular flexibility index (Phi) is 6.25. The predicted molar refractivity (Wildman–Crippen MR) is 96.3 cm³/mol. The molecule has 1 aliphatic heterocycles. The van der Waals surface area contributed by atoms with Crippen LogP contribution < -0.4 is 10.6 Å². The zero-order valence-corrected chi connectivity index (χ0v) is 14.7. The Bertz CT molecular complexity index is 564. The van der Waals surface area contributed by atoms with Gasteiger partial charge in [-0.3, -0.25) is 9.78 Å². The number of carbonyl (C=O) groups excluding carboxylic acids is 2. The molecule has 1 saturated heterocycles. The smallest absolute Gasteiger partial charge is 0.315 e. The molecule has 25 heavy (non-hydrogen) atoms. The van der Waals surface area contributed by atoms with Gasteiger partial charge in [0, 0.05) is 38.1 Å². The minimum atomic E-state index is -0.0410. The quantitative estimate of drug-likeness (QED) is 0.881. The van der Waals surface area contributed by atoms with E-state index in [0.717, 1.165) is 38.8 Å². The van der Waals surface area contributed by atoms with E-state index in [1.807, 2.05) is 4.90 Å². The van der Waals surface area contributed by atoms with Crippen LogP contribution in [0.1, 0.15) is 55.3 Å². The van der Waals surface area contributed by atoms with Crippen LogP contribution in [0.5, 0.6) is 0 Å². The van der Waals surface area contributed by atoms with Crippen LogP contribution in [0.2, 0.25) is 0 Å². The standard InChI is InChI=1S/C19H28N4O2/c24-18(16-5-4-10-20-14-16)23-11-8-15(9-12-23)13-21-19(25)22-17-6-2-1-3-7-17/h4-5,10,14-15,17H,1-3,6-9,11-13H2,(H2,21,22,25). The molecule has 0 radical (unpaired) electrons. The Morgan fingerprint density at radius 3 is 2.56 bits per heavy atom. The Morgan fingerprint density at radius 1 is 1.12 bits per heavy atom. The van der Waals surface area contributed by atoms with Gasteiger partial charge in [-0.2, -0.15) is 0 Å². The summed E-state index contributed by atoms with van der Waals surface area (Å²) in [4.78, 5) is 30.3. The second-order valence-corrected chi connectivity index (χ2v) is 7.17. The van der Waals surface area contributed by atoms with E-state index >= 15 is 0 Å². The molecule has 1 aromatic heterocycles. The zero-order chi connectivity index (χ0) is 17.5. The van der Waals surface area contributed by atoms with Crippen LogP contribution >= 0.6 is 0 Å². The molecule has 1 aliphatic carbocycles. The van der Waals surface area contributed by atoms with Crippen LogP contribution in [0.3, 0.4) is 0 Å². The molecule has 1 aromatic rings. The Hall–Kier alpha value is -2.11. The normalized spacial score (nSPS) is 19.4. The number of likely N-dealkylation sites (tertiary alicyclic amines) is 1. The first-order valence-corrected chi connectivity index (χ1v) is 9.46. The van der Waals surface area contributed by atoms with Crippen molar-refractivity contribution in [1.29, 1.82) is 0 Å². The number of piperidine rings is 1. The molecule has 3 rings (SSSR count). The van der Waals surface area contributed by atoms with Crippen molar-refractivity contribution in [2.45, 2.75) is 51.0 Å². The Balaban J connectivity index is 1.36. The summed E-state index contributed by atoms with van der Waals surface area (Å²) in [6.07, 6.45) is 11.1. The number of aromatic nitrogens is 1. The Labute approximate surface area is 149 Å². The highest BCUT2D eigenvalue weighted by atomic mass is 16.2. The first-order chi connectivity index (χ1) is 12.2. The van der Waals surface area contributed by atoms with Crippen molar-refractivity contribution in [3.63, 3.8) is 0 Å². The lowest BCUT2D eigenvalue weighted by Gasteiger charge is -2.32. The number of nitrogens with one attached hydrogen (secondary N) is 2. The van der Waals surface area contributed by atoms with Gasteiger partial charge < -0.3 is 15.5 Å². The molecule has 2 fully saturated rings. The number of carbonyl (C=O) groups is 2. The van der Waals surface area contributed by atoms with E-state index in [4.69, 9.17) is 0 Å². The molecule has 0 atom stereocenters. The van der Waals surface area contributed by atoms with E-state index in [-0.39, 0.29) is 11.9 Å². The number of urea groups is 1. The van der Waals surface area contributed by atoms with Crippen molar-refractivity contribution in [3.8, 4) is 0 Å². The number of hydrogen-bond acceptors (Lipinski definition) is 3. The van der Waals surface area contributed by atoms with Crippen molar-refractivity contribution < 1.29 is 9.59 Å². The molecule has 0 spiro atoms. The molecule has 6 heteroatoms. The number of nitrogens with zero attached hydrogens (tertiary/aromatic N) is 2. The topological polar surface area (TPSA) is 74.3 Å². The van der Waals surface area contributed by atoms with E-state index in [1.165, 1.54) is 19.3 Å². The third kappa shape index (κ3) is 5.18. The van der Waals surface area contributed by atoms with Crippen molar-refractivity contribution in [1.82, 2.24) is 20.5 Å². The number of rotatable bonds is 4. The fraction of sp³-hybridized carbons (Fsp3) is 0.632. The summed E-state index contributed by atoms with van der Waals surface area (Å²) < 4.78 is 0. The third-order valence-electron chi connectivity index (χ3n) is 5.30. The van der Waals surface area contributed by atoms with Crippen molar-refractivity contribution in [2.75, 3.05) is 19.6 Å². The molecule has 2 N–H and O–H groups in total. The van der Waals surface area contributed by atoms with E-state index in [2.05, 4.69) is 15.6 Å². The molecule has 0 unspecified atom stereocenters. The van der Waals surface area contributed by atoms with Gasteiger partial charge in [0.2, 0.25) is 0 Å². The summed E-state index contributed by atoms with van der Waals surface area (Å²) in [6, 6.07) is 3.89. The molecule has 0 bridgehead atoms. The molecule has 136 valence electrons. The van der Waals surface area contributed by atoms with Crippen LogP contribution in [0.4, 0.5) is 4.79 Å². The molecule has 6 nitrogen and oxygen atoms in total. The van der Waals surface area contributed by atoms with Crippen LogP contribution in [0.25, 0.3) is 0 Å². The van der Waals surface area contributed by atoms with E-state index < -0.39 is 0 Å². The number of amides is 3. The van der Waals surface area contributed by atoms with Crippen molar-refractivity contribution >= 4 is 11.9 Å². The van der Waals surface area contributed by atoms with E-state index in [0.29, 0.717) is 24.1 Å². The van der Waals surface area contributed by atoms with Gasteiger partial charge in [0.25, 0.3) is 5.91 Å². The summed E-state index contributed by atoms with van der Waals surface area (Å²) in [5, 5.41) is 6.10. The van der Waals surface area contributed by atoms with Gasteiger partial charge in [-0.15, -0.1) is 0 Å². The fourth-order valence-corrected chi connectivity index (χ4v) is 3.73. The van der Waals surface area contributed by atoms with E-state index in [9.17, 15) is 9.59 Å². The zero-order valence-electron chi connectivity index (χ0n) is 14.7. The number of pyridine rings is 1. The molecular formula is C19H28N4O2. The second kappa shape index (κ2) is 8.83. The molecular weight excluding hydrogens is 316 g/mol. The van der Waals surface area contributed by atoms with Crippen molar-refractivity contribution in [2.24, 2.45) is 5.92 Å². The van der Waals surface area contributed by atoms with Crippen LogP contribution in [-0.4, -0.2) is 47.5 Å². The average molecular weight is 344 g/mol. The maximum atomic E-state index is 12.4. The molecule has 2 aliphatic rings. The SMILES string of the molecule is O=C(NCC1CCN(C(=O)c2cccnc2)CC1)NC1CCCCC1. The van der Waals surface area contributed by atoms with Crippen LogP contribution in [0, 0.1) is 5.92 Å². The largest absolute Gasteiger partial charge is 0.339 e. The van der Waals surface area contributed by atoms with E-state index in [1.54, 1.807) is 24.5 Å². The minimum Gasteiger partial charge on any atom is -0.339 e. The van der Waals surface area contributed by atoms with Crippen LogP contribution in [0.15, 0.2) is 24.5 Å². The van der Waals surface area contributed by atoms with Gasteiger partial charge in [0.15, 0.2) is 0 Å². The number of hydrogen-bond donors (Lipinski definition) is 2. The predicted octanol–water partition coefficient (Wildman–Crippen LogP) is 2.57. The van der Waals surface area contributed by atoms with Gasteiger partial charge in [-0.05, 0) is 43.7 Å². The molecule has 3 amide bonds. The monoisotopic (exact) mass is 344 g/mol.